The van der Waals surface area contributed by atoms with Gasteiger partial charge in [0.1, 0.15) is 17.5 Å². The Bertz CT molecular complexity index is 1510. The standard InChI is InChI=1S/C30H37N7O3/c1-17-12-32-33-18(2)27(17)19(3)40-23-7-8-25-24(11-23)28(35-34-25)20-9-26(39-6)29(31-13-20)36-14-21-10-22(15-36)37(21)16-30(4,5)38/h7-9,11-13,19,21-22,38H,10,14-16H2,1-6H3,(H,34,35). The Morgan fingerprint density at radius 3 is 2.62 bits per heavy atom. The minimum atomic E-state index is -0.694. The smallest absolute Gasteiger partial charge is 0.171 e. The molecule has 0 saturated carbocycles. The molecule has 2 N–H and O–H groups in total. The number of aliphatic hydroxyl groups is 1. The fraction of sp³-hybridized carbons (Fsp3) is 0.467. The van der Waals surface area contributed by atoms with Crippen LogP contribution in [0.3, 0.4) is 0 Å². The van der Waals surface area contributed by atoms with E-state index in [9.17, 15) is 5.11 Å². The second-order valence-corrected chi connectivity index (χ2v) is 11.7. The van der Waals surface area contributed by atoms with Gasteiger partial charge in [0.05, 0.1) is 30.1 Å². The van der Waals surface area contributed by atoms with Crippen molar-refractivity contribution in [1.82, 2.24) is 30.3 Å². The van der Waals surface area contributed by atoms with E-state index in [1.165, 1.54) is 0 Å². The number of piperidine rings is 1. The number of pyridine rings is 1. The number of ether oxygens (including phenoxy) is 2. The number of fused-ring (bicyclic) bond motifs is 3. The molecular weight excluding hydrogens is 506 g/mol. The van der Waals surface area contributed by atoms with Gasteiger partial charge in [-0.2, -0.15) is 15.3 Å². The van der Waals surface area contributed by atoms with Crippen LogP contribution in [0.5, 0.6) is 11.5 Å². The van der Waals surface area contributed by atoms with E-state index in [-0.39, 0.29) is 6.10 Å². The third kappa shape index (κ3) is 4.86. The molecule has 0 spiro atoms. The number of benzene rings is 1. The van der Waals surface area contributed by atoms with Crippen LogP contribution in [-0.2, 0) is 0 Å². The molecule has 40 heavy (non-hydrogen) atoms. The van der Waals surface area contributed by atoms with Crippen LogP contribution in [0, 0.1) is 13.8 Å². The lowest BCUT2D eigenvalue weighted by Crippen LogP contribution is -2.70. The van der Waals surface area contributed by atoms with E-state index in [0.717, 1.165) is 75.8 Å². The van der Waals surface area contributed by atoms with Gasteiger partial charge in [-0.05, 0) is 70.9 Å². The van der Waals surface area contributed by atoms with E-state index in [1.54, 1.807) is 13.3 Å². The van der Waals surface area contributed by atoms with E-state index in [4.69, 9.17) is 14.5 Å². The summed E-state index contributed by atoms with van der Waals surface area (Å²) >= 11 is 0. The van der Waals surface area contributed by atoms with Crippen LogP contribution in [0.1, 0.15) is 50.1 Å². The number of nitrogens with zero attached hydrogens (tertiary/aromatic N) is 6. The van der Waals surface area contributed by atoms with Gasteiger partial charge in [-0.3, -0.25) is 10.00 Å². The molecular formula is C30H37N7O3. The van der Waals surface area contributed by atoms with Crippen molar-refractivity contribution in [3.05, 3.63) is 53.5 Å². The number of hydrogen-bond donors (Lipinski definition) is 2. The molecule has 210 valence electrons. The Hall–Kier alpha value is -3.76. The van der Waals surface area contributed by atoms with Crippen LogP contribution in [0.15, 0.2) is 36.7 Å². The molecule has 10 heteroatoms. The Morgan fingerprint density at radius 2 is 1.93 bits per heavy atom. The second-order valence-electron chi connectivity index (χ2n) is 11.7. The highest BCUT2D eigenvalue weighted by atomic mass is 16.5. The van der Waals surface area contributed by atoms with Crippen LogP contribution in [0.25, 0.3) is 22.2 Å². The number of aromatic amines is 1. The molecule has 3 aliphatic heterocycles. The molecule has 3 atom stereocenters. The van der Waals surface area contributed by atoms with Gasteiger partial charge in [0.15, 0.2) is 11.6 Å². The quantitative estimate of drug-likeness (QED) is 0.337. The van der Waals surface area contributed by atoms with Gasteiger partial charge in [-0.15, -0.1) is 0 Å². The van der Waals surface area contributed by atoms with Gasteiger partial charge < -0.3 is 19.5 Å². The van der Waals surface area contributed by atoms with Crippen LogP contribution < -0.4 is 14.4 Å². The lowest BCUT2D eigenvalue weighted by atomic mass is 9.85. The Kier molecular flexibility index (Phi) is 6.62. The molecule has 0 aliphatic carbocycles. The molecule has 3 saturated heterocycles. The molecule has 0 amide bonds. The fourth-order valence-corrected chi connectivity index (χ4v) is 6.29. The maximum atomic E-state index is 10.3. The summed E-state index contributed by atoms with van der Waals surface area (Å²) in [5.41, 5.74) is 4.85. The number of piperazine rings is 1. The van der Waals surface area contributed by atoms with Gasteiger partial charge in [0, 0.05) is 54.4 Å². The first kappa shape index (κ1) is 26.5. The summed E-state index contributed by atoms with van der Waals surface area (Å²) in [6.07, 6.45) is 4.61. The zero-order valence-electron chi connectivity index (χ0n) is 24.0. The predicted octanol–water partition coefficient (Wildman–Crippen LogP) is 4.21. The third-order valence-electron chi connectivity index (χ3n) is 8.07. The van der Waals surface area contributed by atoms with Gasteiger partial charge >= 0.3 is 0 Å². The summed E-state index contributed by atoms with van der Waals surface area (Å²) in [6, 6.07) is 8.80. The molecule has 3 unspecified atom stereocenters. The number of aromatic nitrogens is 5. The zero-order valence-corrected chi connectivity index (χ0v) is 24.0. The van der Waals surface area contributed by atoms with Crippen molar-refractivity contribution in [2.45, 2.75) is 64.8 Å². The minimum Gasteiger partial charge on any atom is -0.493 e. The molecule has 4 aromatic rings. The summed E-state index contributed by atoms with van der Waals surface area (Å²) in [6.45, 7) is 12.2. The summed E-state index contributed by atoms with van der Waals surface area (Å²) in [5.74, 6) is 2.32. The predicted molar refractivity (Wildman–Crippen MR) is 154 cm³/mol. The molecule has 1 aromatic carbocycles. The van der Waals surface area contributed by atoms with Crippen LogP contribution >= 0.6 is 0 Å². The van der Waals surface area contributed by atoms with Crippen LogP contribution in [-0.4, -0.2) is 79.8 Å². The Balaban J connectivity index is 1.24. The first-order valence-electron chi connectivity index (χ1n) is 13.8. The first-order valence-corrected chi connectivity index (χ1v) is 13.8. The molecule has 3 aromatic heterocycles. The average molecular weight is 544 g/mol. The monoisotopic (exact) mass is 543 g/mol. The fourth-order valence-electron chi connectivity index (χ4n) is 6.29. The van der Waals surface area contributed by atoms with E-state index >= 15 is 0 Å². The summed E-state index contributed by atoms with van der Waals surface area (Å²) in [5, 5.41) is 27.2. The van der Waals surface area contributed by atoms with Crippen LogP contribution in [0.4, 0.5) is 5.82 Å². The van der Waals surface area contributed by atoms with Crippen molar-refractivity contribution in [2.75, 3.05) is 31.6 Å². The number of H-pyrrole nitrogens is 1. The summed E-state index contributed by atoms with van der Waals surface area (Å²) in [7, 11) is 1.68. The van der Waals surface area contributed by atoms with E-state index < -0.39 is 5.60 Å². The number of nitrogens with one attached hydrogen (secondary N) is 1. The van der Waals surface area contributed by atoms with Crippen LogP contribution in [0.2, 0.25) is 0 Å². The highest BCUT2D eigenvalue weighted by Gasteiger charge is 2.46. The number of rotatable bonds is 8. The van der Waals surface area contributed by atoms with E-state index in [1.807, 2.05) is 65.1 Å². The molecule has 7 rings (SSSR count). The van der Waals surface area contributed by atoms with Gasteiger partial charge in [-0.25, -0.2) is 4.98 Å². The number of hydrogen-bond acceptors (Lipinski definition) is 9. The number of aryl methyl sites for hydroxylation is 2. The Morgan fingerprint density at radius 1 is 1.15 bits per heavy atom. The molecule has 0 radical (unpaired) electrons. The zero-order chi connectivity index (χ0) is 28.2. The molecule has 10 nitrogen and oxygen atoms in total. The lowest BCUT2D eigenvalue weighted by molar-refractivity contribution is -0.0619. The largest absolute Gasteiger partial charge is 0.493 e. The lowest BCUT2D eigenvalue weighted by Gasteiger charge is -2.57. The molecule has 3 aliphatic rings. The van der Waals surface area contributed by atoms with Crippen molar-refractivity contribution in [3.8, 4) is 22.8 Å². The van der Waals surface area contributed by atoms with Crippen molar-refractivity contribution in [2.24, 2.45) is 0 Å². The maximum absolute atomic E-state index is 10.3. The highest BCUT2D eigenvalue weighted by Crippen LogP contribution is 2.40. The molecule has 2 bridgehead atoms. The highest BCUT2D eigenvalue weighted by molar-refractivity contribution is 5.94. The summed E-state index contributed by atoms with van der Waals surface area (Å²) in [4.78, 5) is 9.58. The maximum Gasteiger partial charge on any atom is 0.171 e. The summed E-state index contributed by atoms with van der Waals surface area (Å²) < 4.78 is 12.2. The number of anilines is 1. The second kappa shape index (κ2) is 10.0. The van der Waals surface area contributed by atoms with E-state index in [0.29, 0.717) is 18.6 Å². The first-order chi connectivity index (χ1) is 19.1. The topological polar surface area (TPSA) is 113 Å². The van der Waals surface area contributed by atoms with Crippen molar-refractivity contribution >= 4 is 16.7 Å². The average Bonchev–Trinajstić information content (AvgIpc) is 3.34. The van der Waals surface area contributed by atoms with Crippen molar-refractivity contribution in [3.63, 3.8) is 0 Å². The van der Waals surface area contributed by atoms with Crippen molar-refractivity contribution < 1.29 is 14.6 Å². The molecule has 6 heterocycles. The normalized spacial score (nSPS) is 19.9. The van der Waals surface area contributed by atoms with Crippen molar-refractivity contribution in [1.29, 1.82) is 0 Å². The SMILES string of the molecule is COc1cc(-c2n[nH]c3ccc(OC(C)c4c(C)cnnc4C)cc23)cnc1N1CC2CC(C1)N2CC(C)(C)O. The minimum absolute atomic E-state index is 0.181. The molecule has 3 fully saturated rings. The number of methoxy groups -OCH3 is 1. The van der Waals surface area contributed by atoms with E-state index in [2.05, 4.69) is 30.2 Å². The van der Waals surface area contributed by atoms with Gasteiger partial charge in [0.2, 0.25) is 0 Å². The van der Waals surface area contributed by atoms with Gasteiger partial charge in [-0.1, -0.05) is 0 Å². The Labute approximate surface area is 234 Å². The third-order valence-corrected chi connectivity index (χ3v) is 8.07. The van der Waals surface area contributed by atoms with Gasteiger partial charge in [0.25, 0.3) is 0 Å².